The van der Waals surface area contributed by atoms with Gasteiger partial charge in [-0.3, -0.25) is 34.6 Å². The second-order valence-electron chi connectivity index (χ2n) is 14.8. The highest BCUT2D eigenvalue weighted by Crippen LogP contribution is 2.14. The Morgan fingerprint density at radius 2 is 0.836 bits per heavy atom. The monoisotopic (exact) mass is 877 g/mol. The van der Waals surface area contributed by atoms with E-state index >= 15 is 0 Å². The Morgan fingerprint density at radius 1 is 0.410 bits per heavy atom. The average molecular weight is 877 g/mol. The van der Waals surface area contributed by atoms with Crippen molar-refractivity contribution in [3.05, 3.63) is 0 Å². The molecule has 0 radical (unpaired) electrons. The summed E-state index contributed by atoms with van der Waals surface area (Å²) in [6, 6.07) is -1.96. The van der Waals surface area contributed by atoms with Crippen molar-refractivity contribution in [2.24, 2.45) is 5.84 Å². The molecule has 10 N–H and O–H groups in total. The molecular weight excluding hydrogens is 800 g/mol. The lowest BCUT2D eigenvalue weighted by molar-refractivity contribution is -0.142. The van der Waals surface area contributed by atoms with Crippen molar-refractivity contribution in [3.8, 4) is 0 Å². The van der Waals surface area contributed by atoms with E-state index in [4.69, 9.17) is 35.0 Å². The number of rotatable bonds is 45. The number of carbonyl (C=O) groups is 7. The number of carboxylic acids is 3. The first-order valence-electron chi connectivity index (χ1n) is 22.0. The fourth-order valence-corrected chi connectivity index (χ4v) is 5.95. The normalized spacial score (nSPS) is 12.0. The fourth-order valence-electron chi connectivity index (χ4n) is 5.95. The number of amides is 4. The van der Waals surface area contributed by atoms with Gasteiger partial charge >= 0.3 is 17.9 Å². The molecule has 354 valence electrons. The molecule has 1 unspecified atom stereocenters. The van der Waals surface area contributed by atoms with Crippen LogP contribution in [0.2, 0.25) is 0 Å². The number of carbonyl (C=O) groups excluding carboxylic acids is 4. The zero-order chi connectivity index (χ0) is 45.2. The van der Waals surface area contributed by atoms with Crippen molar-refractivity contribution >= 4 is 41.5 Å². The molecule has 0 aliphatic heterocycles. The Morgan fingerprint density at radius 3 is 1.30 bits per heavy atom. The van der Waals surface area contributed by atoms with E-state index in [9.17, 15) is 38.7 Å². The summed E-state index contributed by atoms with van der Waals surface area (Å²) in [4.78, 5) is 81.2. The van der Waals surface area contributed by atoms with Crippen LogP contribution in [-0.4, -0.2) is 141 Å². The smallest absolute Gasteiger partial charge is 0.326 e. The van der Waals surface area contributed by atoms with Crippen LogP contribution >= 0.6 is 0 Å². The molecule has 0 aliphatic carbocycles. The van der Waals surface area contributed by atoms with E-state index in [-0.39, 0.29) is 115 Å². The number of unbranched alkanes of at least 4 members (excludes halogenated alkanes) is 14. The van der Waals surface area contributed by atoms with Crippen LogP contribution in [0, 0.1) is 0 Å². The summed E-state index contributed by atoms with van der Waals surface area (Å²) in [5, 5.41) is 37.6. The lowest BCUT2D eigenvalue weighted by Crippen LogP contribution is -2.41. The number of carboxylic acid groups (broad SMARTS) is 3. The van der Waals surface area contributed by atoms with Crippen molar-refractivity contribution in [2.75, 3.05) is 72.5 Å². The van der Waals surface area contributed by atoms with Crippen LogP contribution in [0.1, 0.15) is 135 Å². The van der Waals surface area contributed by atoms with Crippen LogP contribution in [-0.2, 0) is 52.5 Å². The minimum atomic E-state index is -1.19. The highest BCUT2D eigenvalue weighted by Gasteiger charge is 2.21. The minimum absolute atomic E-state index is 0.0329. The molecule has 0 fully saturated rings. The van der Waals surface area contributed by atoms with E-state index in [1.54, 1.807) is 0 Å². The molecule has 0 bridgehead atoms. The highest BCUT2D eigenvalue weighted by molar-refractivity contribution is 5.84. The van der Waals surface area contributed by atoms with Crippen molar-refractivity contribution in [1.82, 2.24) is 26.7 Å². The molecule has 61 heavy (non-hydrogen) atoms. The average Bonchev–Trinajstić information content (AvgIpc) is 3.22. The lowest BCUT2D eigenvalue weighted by atomic mass is 10.0. The number of nitrogens with one attached hydrogen (secondary N) is 5. The Balaban J connectivity index is 3.65. The molecule has 0 saturated heterocycles. The number of aliphatic carboxylic acids is 3. The Bertz CT molecular complexity index is 1200. The summed E-state index contributed by atoms with van der Waals surface area (Å²) in [6.07, 6.45) is 16.9. The van der Waals surface area contributed by atoms with Gasteiger partial charge in [0.05, 0.1) is 39.6 Å². The van der Waals surface area contributed by atoms with Gasteiger partial charge in [-0.15, -0.1) is 0 Å². The molecule has 0 saturated carbocycles. The molecule has 4 amide bonds. The van der Waals surface area contributed by atoms with Crippen molar-refractivity contribution < 1.29 is 67.8 Å². The SMILES string of the molecule is NNC(CCCCNC(=O)COCCOCCNC(=O)COCCOCCNC(=O)CC[C@H](NC(=O)CCCCCCCCCCCCCCCCC(=O)O)C(=O)O)C(=O)O. The van der Waals surface area contributed by atoms with Crippen molar-refractivity contribution in [1.29, 1.82) is 0 Å². The van der Waals surface area contributed by atoms with Crippen LogP contribution in [0.3, 0.4) is 0 Å². The summed E-state index contributed by atoms with van der Waals surface area (Å²) in [7, 11) is 0. The second-order valence-corrected chi connectivity index (χ2v) is 14.8. The largest absolute Gasteiger partial charge is 0.481 e. The van der Waals surface area contributed by atoms with Gasteiger partial charge in [0.2, 0.25) is 23.6 Å². The third kappa shape index (κ3) is 39.9. The van der Waals surface area contributed by atoms with E-state index in [1.165, 1.54) is 38.5 Å². The maximum Gasteiger partial charge on any atom is 0.326 e. The topological polar surface area (TPSA) is 303 Å². The van der Waals surface area contributed by atoms with Gasteiger partial charge in [-0.25, -0.2) is 10.2 Å². The maximum atomic E-state index is 12.3. The first-order chi connectivity index (χ1) is 29.5. The lowest BCUT2D eigenvalue weighted by Gasteiger charge is -2.14. The van der Waals surface area contributed by atoms with Crippen LogP contribution in [0.4, 0.5) is 0 Å². The summed E-state index contributed by atoms with van der Waals surface area (Å²) >= 11 is 0. The molecule has 2 atom stereocenters. The quantitative estimate of drug-likeness (QED) is 0.0241. The molecule has 20 heteroatoms. The van der Waals surface area contributed by atoms with Crippen LogP contribution < -0.4 is 32.5 Å². The molecule has 0 aliphatic rings. The third-order valence-corrected chi connectivity index (χ3v) is 9.43. The number of hydrogen-bond donors (Lipinski definition) is 9. The predicted molar refractivity (Wildman–Crippen MR) is 225 cm³/mol. The van der Waals surface area contributed by atoms with E-state index in [1.807, 2.05) is 0 Å². The zero-order valence-corrected chi connectivity index (χ0v) is 36.2. The van der Waals surface area contributed by atoms with Gasteiger partial charge in [0.25, 0.3) is 0 Å². The second kappa shape index (κ2) is 41.4. The van der Waals surface area contributed by atoms with Crippen molar-refractivity contribution in [3.63, 3.8) is 0 Å². The van der Waals surface area contributed by atoms with Gasteiger partial charge in [0.1, 0.15) is 25.3 Å². The minimum Gasteiger partial charge on any atom is -0.481 e. The highest BCUT2D eigenvalue weighted by atomic mass is 16.5. The third-order valence-electron chi connectivity index (χ3n) is 9.43. The van der Waals surface area contributed by atoms with Gasteiger partial charge in [-0.05, 0) is 38.5 Å². The van der Waals surface area contributed by atoms with Crippen molar-refractivity contribution in [2.45, 2.75) is 147 Å². The van der Waals surface area contributed by atoms with E-state index in [0.29, 0.717) is 32.2 Å². The fraction of sp³-hybridized carbons (Fsp3) is 0.829. The molecule has 0 rings (SSSR count). The summed E-state index contributed by atoms with van der Waals surface area (Å²) in [5.74, 6) is 0.912. The molecular formula is C41H76N6O14. The standard InChI is InChI=1S/C41H76N6O14/c42-47-34(41(56)57)17-15-16-22-43-37(50)31-60-29-28-59-26-24-45-38(51)32-61-30-27-58-25-23-44-35(48)21-20-33(40(54)55)46-36(49)18-13-11-9-7-5-3-1-2-4-6-8-10-12-14-19-39(52)53/h33-34,47H,1-32,42H2,(H,43,50)(H,44,48)(H,45,51)(H,46,49)(H,52,53)(H,54,55)(H,56,57)/t33-,34?/m0/s1. The molecule has 0 aromatic rings. The van der Waals surface area contributed by atoms with Gasteiger partial charge in [-0.1, -0.05) is 77.0 Å². The van der Waals surface area contributed by atoms with Gasteiger partial charge < -0.3 is 55.5 Å². The predicted octanol–water partition coefficient (Wildman–Crippen LogP) is 2.16. The summed E-state index contributed by atoms with van der Waals surface area (Å²) in [5.41, 5.74) is 2.22. The van der Waals surface area contributed by atoms with Gasteiger partial charge in [-0.2, -0.15) is 0 Å². The van der Waals surface area contributed by atoms with Crippen LogP contribution in [0.15, 0.2) is 0 Å². The summed E-state index contributed by atoms with van der Waals surface area (Å²) < 4.78 is 21.2. The Labute approximate surface area is 360 Å². The molecule has 0 aromatic carbocycles. The molecule has 20 nitrogen and oxygen atoms in total. The molecule has 0 heterocycles. The maximum absolute atomic E-state index is 12.3. The Hall–Kier alpha value is -3.95. The number of hydrogen-bond acceptors (Lipinski definition) is 13. The molecule has 0 spiro atoms. The van der Waals surface area contributed by atoms with E-state index < -0.39 is 30.0 Å². The number of ether oxygens (including phenoxy) is 4. The van der Waals surface area contributed by atoms with Gasteiger partial charge in [0, 0.05) is 38.9 Å². The number of hydrazine groups is 1. The molecule has 0 aromatic heterocycles. The van der Waals surface area contributed by atoms with Crippen LogP contribution in [0.25, 0.3) is 0 Å². The zero-order valence-electron chi connectivity index (χ0n) is 36.2. The number of nitrogens with two attached hydrogens (primary N) is 1. The summed E-state index contributed by atoms with van der Waals surface area (Å²) in [6.45, 7) is 1.74. The van der Waals surface area contributed by atoms with E-state index in [0.717, 1.165) is 44.9 Å². The van der Waals surface area contributed by atoms with Crippen LogP contribution in [0.5, 0.6) is 0 Å². The Kier molecular flexibility index (Phi) is 38.7. The van der Waals surface area contributed by atoms with Gasteiger partial charge in [0.15, 0.2) is 0 Å². The van der Waals surface area contributed by atoms with E-state index in [2.05, 4.69) is 26.7 Å². The first kappa shape index (κ1) is 57.1. The first-order valence-corrected chi connectivity index (χ1v) is 22.0.